The molecule has 20 heavy (non-hydrogen) atoms. The van der Waals surface area contributed by atoms with E-state index in [4.69, 9.17) is 11.5 Å². The highest BCUT2D eigenvalue weighted by Gasteiger charge is 2.12. The van der Waals surface area contributed by atoms with Gasteiger partial charge in [0, 0.05) is 18.7 Å². The molecule has 0 bridgehead atoms. The summed E-state index contributed by atoms with van der Waals surface area (Å²) in [6, 6.07) is 7.91. The van der Waals surface area contributed by atoms with E-state index >= 15 is 0 Å². The molecule has 108 valence electrons. The minimum absolute atomic E-state index is 0.261. The summed E-state index contributed by atoms with van der Waals surface area (Å²) in [5, 5.41) is 0. The lowest BCUT2D eigenvalue weighted by Crippen LogP contribution is -2.35. The standard InChI is InChI=1S/C16H23N3O/c1-13(2)10-19(12-16(18)20)11-15-7-4-3-6-14(15)8-5-9-17/h3-4,6-7,13H,9-12,17H2,1-2H3,(H2,18,20). The summed E-state index contributed by atoms with van der Waals surface area (Å²) in [6.45, 7) is 6.32. The summed E-state index contributed by atoms with van der Waals surface area (Å²) in [5.41, 5.74) is 12.8. The lowest BCUT2D eigenvalue weighted by molar-refractivity contribution is -0.119. The monoisotopic (exact) mass is 273 g/mol. The summed E-state index contributed by atoms with van der Waals surface area (Å²) in [7, 11) is 0. The van der Waals surface area contributed by atoms with Crippen LogP contribution in [0.3, 0.4) is 0 Å². The second kappa shape index (κ2) is 8.36. The molecule has 0 aromatic heterocycles. The van der Waals surface area contributed by atoms with E-state index in [0.717, 1.165) is 17.7 Å². The van der Waals surface area contributed by atoms with Crippen molar-refractivity contribution < 1.29 is 4.79 Å². The van der Waals surface area contributed by atoms with Crippen molar-refractivity contribution in [2.75, 3.05) is 19.6 Å². The zero-order valence-corrected chi connectivity index (χ0v) is 12.2. The van der Waals surface area contributed by atoms with E-state index in [9.17, 15) is 4.79 Å². The summed E-state index contributed by atoms with van der Waals surface area (Å²) < 4.78 is 0. The molecule has 0 radical (unpaired) electrons. The summed E-state index contributed by atoms with van der Waals surface area (Å²) in [6.07, 6.45) is 0. The maximum atomic E-state index is 11.2. The van der Waals surface area contributed by atoms with E-state index in [1.165, 1.54) is 0 Å². The number of benzene rings is 1. The van der Waals surface area contributed by atoms with Gasteiger partial charge in [-0.05, 0) is 17.5 Å². The first kappa shape index (κ1) is 16.2. The van der Waals surface area contributed by atoms with Crippen LogP contribution in [0, 0.1) is 17.8 Å². The van der Waals surface area contributed by atoms with Gasteiger partial charge in [-0.2, -0.15) is 0 Å². The van der Waals surface area contributed by atoms with Crippen molar-refractivity contribution in [3.8, 4) is 11.8 Å². The van der Waals surface area contributed by atoms with Gasteiger partial charge in [0.15, 0.2) is 0 Å². The van der Waals surface area contributed by atoms with Crippen LogP contribution in [0.25, 0.3) is 0 Å². The van der Waals surface area contributed by atoms with Gasteiger partial charge in [0.25, 0.3) is 0 Å². The number of amides is 1. The number of hydrogen-bond donors (Lipinski definition) is 2. The van der Waals surface area contributed by atoms with Gasteiger partial charge in [-0.15, -0.1) is 0 Å². The number of carbonyl (C=O) groups is 1. The lowest BCUT2D eigenvalue weighted by Gasteiger charge is -2.23. The van der Waals surface area contributed by atoms with Gasteiger partial charge < -0.3 is 11.5 Å². The van der Waals surface area contributed by atoms with E-state index in [2.05, 4.69) is 30.6 Å². The highest BCUT2D eigenvalue weighted by molar-refractivity contribution is 5.75. The average molecular weight is 273 g/mol. The molecule has 1 rings (SSSR count). The van der Waals surface area contributed by atoms with E-state index in [1.54, 1.807) is 0 Å². The smallest absolute Gasteiger partial charge is 0.231 e. The molecule has 0 heterocycles. The van der Waals surface area contributed by atoms with Gasteiger partial charge in [-0.25, -0.2) is 0 Å². The van der Waals surface area contributed by atoms with Crippen molar-refractivity contribution in [2.45, 2.75) is 20.4 Å². The molecule has 0 aliphatic heterocycles. The molecule has 0 spiro atoms. The van der Waals surface area contributed by atoms with Gasteiger partial charge in [-0.3, -0.25) is 9.69 Å². The topological polar surface area (TPSA) is 72.3 Å². The minimum atomic E-state index is -0.309. The van der Waals surface area contributed by atoms with Crippen LogP contribution in [0.15, 0.2) is 24.3 Å². The molecule has 0 saturated heterocycles. The van der Waals surface area contributed by atoms with Crippen molar-refractivity contribution in [3.63, 3.8) is 0 Å². The number of nitrogens with two attached hydrogens (primary N) is 2. The first-order valence-corrected chi connectivity index (χ1v) is 6.80. The van der Waals surface area contributed by atoms with Gasteiger partial charge in [0.1, 0.15) is 0 Å². The summed E-state index contributed by atoms with van der Waals surface area (Å²) >= 11 is 0. The largest absolute Gasteiger partial charge is 0.369 e. The third kappa shape index (κ3) is 5.87. The maximum absolute atomic E-state index is 11.2. The molecular weight excluding hydrogens is 250 g/mol. The zero-order valence-electron chi connectivity index (χ0n) is 12.2. The molecule has 0 atom stereocenters. The summed E-state index contributed by atoms with van der Waals surface area (Å²) in [4.78, 5) is 13.2. The normalized spacial score (nSPS) is 10.4. The number of carbonyl (C=O) groups excluding carboxylic acids is 1. The Morgan fingerprint density at radius 2 is 2.05 bits per heavy atom. The Bertz CT molecular complexity index is 500. The van der Waals surface area contributed by atoms with Crippen molar-refractivity contribution in [3.05, 3.63) is 35.4 Å². The Hall–Kier alpha value is -1.83. The maximum Gasteiger partial charge on any atom is 0.231 e. The third-order valence-corrected chi connectivity index (χ3v) is 2.74. The van der Waals surface area contributed by atoms with Crippen LogP contribution in [0.1, 0.15) is 25.0 Å². The van der Waals surface area contributed by atoms with Gasteiger partial charge in [-0.1, -0.05) is 43.9 Å². The fourth-order valence-corrected chi connectivity index (χ4v) is 2.09. The highest BCUT2D eigenvalue weighted by Crippen LogP contribution is 2.12. The minimum Gasteiger partial charge on any atom is -0.369 e. The molecule has 0 saturated carbocycles. The number of primary amides is 1. The number of rotatable bonds is 6. The number of hydrogen-bond acceptors (Lipinski definition) is 3. The third-order valence-electron chi connectivity index (χ3n) is 2.74. The Balaban J connectivity index is 2.89. The van der Waals surface area contributed by atoms with Crippen LogP contribution in [0.5, 0.6) is 0 Å². The second-order valence-corrected chi connectivity index (χ2v) is 5.19. The van der Waals surface area contributed by atoms with Crippen molar-refractivity contribution in [1.29, 1.82) is 0 Å². The molecule has 4 N–H and O–H groups in total. The Morgan fingerprint density at radius 1 is 1.35 bits per heavy atom. The lowest BCUT2D eigenvalue weighted by atomic mass is 10.1. The van der Waals surface area contributed by atoms with Crippen molar-refractivity contribution >= 4 is 5.91 Å². The van der Waals surface area contributed by atoms with Crippen LogP contribution in [0.4, 0.5) is 0 Å². The SMILES string of the molecule is CC(C)CN(CC(N)=O)Cc1ccccc1C#CCN. The summed E-state index contributed by atoms with van der Waals surface area (Å²) in [5.74, 6) is 6.09. The predicted octanol–water partition coefficient (Wildman–Crippen LogP) is 0.940. The molecule has 0 unspecified atom stereocenters. The molecule has 0 aliphatic carbocycles. The van der Waals surface area contributed by atoms with Crippen LogP contribution in [-0.4, -0.2) is 30.4 Å². The number of nitrogens with zero attached hydrogens (tertiary/aromatic N) is 1. The van der Waals surface area contributed by atoms with Crippen LogP contribution in [0.2, 0.25) is 0 Å². The van der Waals surface area contributed by atoms with E-state index in [0.29, 0.717) is 19.0 Å². The molecule has 1 amide bonds. The molecule has 4 heteroatoms. The van der Waals surface area contributed by atoms with Crippen LogP contribution >= 0.6 is 0 Å². The predicted molar refractivity (Wildman–Crippen MR) is 81.7 cm³/mol. The van der Waals surface area contributed by atoms with E-state index in [-0.39, 0.29) is 12.5 Å². The fraction of sp³-hybridized carbons (Fsp3) is 0.438. The van der Waals surface area contributed by atoms with Gasteiger partial charge in [0.2, 0.25) is 5.91 Å². The Labute approximate surface area is 121 Å². The Morgan fingerprint density at radius 3 is 2.65 bits per heavy atom. The second-order valence-electron chi connectivity index (χ2n) is 5.19. The van der Waals surface area contributed by atoms with E-state index in [1.807, 2.05) is 24.3 Å². The van der Waals surface area contributed by atoms with Crippen molar-refractivity contribution in [2.24, 2.45) is 17.4 Å². The molecule has 1 aromatic rings. The quantitative estimate of drug-likeness (QED) is 0.758. The molecule has 1 aromatic carbocycles. The van der Waals surface area contributed by atoms with Crippen LogP contribution in [-0.2, 0) is 11.3 Å². The average Bonchev–Trinajstić information content (AvgIpc) is 2.36. The van der Waals surface area contributed by atoms with Crippen LogP contribution < -0.4 is 11.5 Å². The zero-order chi connectivity index (χ0) is 15.0. The molecule has 0 fully saturated rings. The fourth-order valence-electron chi connectivity index (χ4n) is 2.09. The van der Waals surface area contributed by atoms with E-state index < -0.39 is 0 Å². The molecule has 0 aliphatic rings. The highest BCUT2D eigenvalue weighted by atomic mass is 16.1. The first-order valence-electron chi connectivity index (χ1n) is 6.80. The molecule has 4 nitrogen and oxygen atoms in total. The molecular formula is C16H23N3O. The van der Waals surface area contributed by atoms with Gasteiger partial charge >= 0.3 is 0 Å². The van der Waals surface area contributed by atoms with Gasteiger partial charge in [0.05, 0.1) is 13.1 Å². The Kier molecular flexibility index (Phi) is 6.78. The first-order chi connectivity index (χ1) is 9.52. The van der Waals surface area contributed by atoms with Crippen molar-refractivity contribution in [1.82, 2.24) is 4.90 Å².